The molecule has 0 amide bonds. The van der Waals surface area contributed by atoms with Crippen LogP contribution in [0.2, 0.25) is 0 Å². The van der Waals surface area contributed by atoms with Gasteiger partial charge in [0.1, 0.15) is 17.4 Å². The van der Waals surface area contributed by atoms with Gasteiger partial charge in [-0.3, -0.25) is 0 Å². The van der Waals surface area contributed by atoms with Gasteiger partial charge >= 0.3 is 0 Å². The predicted octanol–water partition coefficient (Wildman–Crippen LogP) is 4.26. The fourth-order valence-corrected chi connectivity index (χ4v) is 2.46. The fraction of sp³-hybridized carbons (Fsp3) is 0.333. The third kappa shape index (κ3) is 4.96. The van der Waals surface area contributed by atoms with Gasteiger partial charge in [-0.1, -0.05) is 6.07 Å². The molecule has 138 valence electrons. The van der Waals surface area contributed by atoms with E-state index in [-0.39, 0.29) is 18.4 Å². The van der Waals surface area contributed by atoms with Crippen molar-refractivity contribution in [2.24, 2.45) is 0 Å². The number of rotatable bonds is 7. The highest BCUT2D eigenvalue weighted by atomic mass is 35.5. The molecular formula is C18H22ClF2NO3. The van der Waals surface area contributed by atoms with E-state index in [0.29, 0.717) is 29.4 Å². The summed E-state index contributed by atoms with van der Waals surface area (Å²) < 4.78 is 42.8. The molecule has 1 atom stereocenters. The molecule has 1 N–H and O–H groups in total. The second-order valence-corrected chi connectivity index (χ2v) is 5.29. The molecule has 2 aromatic carbocycles. The molecule has 2 rings (SSSR count). The molecule has 0 aliphatic carbocycles. The molecular weight excluding hydrogens is 352 g/mol. The van der Waals surface area contributed by atoms with Crippen LogP contribution in [0.1, 0.15) is 24.1 Å². The van der Waals surface area contributed by atoms with Crippen molar-refractivity contribution in [3.05, 3.63) is 53.1 Å². The van der Waals surface area contributed by atoms with Crippen LogP contribution in [0.25, 0.3) is 0 Å². The molecule has 0 bridgehead atoms. The smallest absolute Gasteiger partial charge is 0.164 e. The minimum absolute atomic E-state index is 0. The van der Waals surface area contributed by atoms with Crippen LogP contribution in [0.3, 0.4) is 0 Å². The van der Waals surface area contributed by atoms with Crippen molar-refractivity contribution in [3.63, 3.8) is 0 Å². The van der Waals surface area contributed by atoms with Gasteiger partial charge < -0.3 is 19.5 Å². The van der Waals surface area contributed by atoms with Crippen LogP contribution in [-0.2, 0) is 6.54 Å². The van der Waals surface area contributed by atoms with Crippen molar-refractivity contribution in [1.29, 1.82) is 0 Å². The molecule has 0 saturated heterocycles. The lowest BCUT2D eigenvalue weighted by molar-refractivity contribution is 0.346. The van der Waals surface area contributed by atoms with Gasteiger partial charge in [0.2, 0.25) is 0 Å². The van der Waals surface area contributed by atoms with Crippen molar-refractivity contribution < 1.29 is 23.0 Å². The van der Waals surface area contributed by atoms with Gasteiger partial charge in [-0.25, -0.2) is 8.78 Å². The molecule has 0 radical (unpaired) electrons. The van der Waals surface area contributed by atoms with Gasteiger partial charge in [0.25, 0.3) is 0 Å². The first-order valence-corrected chi connectivity index (χ1v) is 7.47. The van der Waals surface area contributed by atoms with Gasteiger partial charge in [-0.05, 0) is 19.1 Å². The summed E-state index contributed by atoms with van der Waals surface area (Å²) in [6, 6.07) is 6.80. The van der Waals surface area contributed by atoms with Gasteiger partial charge in [-0.15, -0.1) is 12.4 Å². The Balaban J connectivity index is 0.00000312. The summed E-state index contributed by atoms with van der Waals surface area (Å²) in [6.45, 7) is 2.23. The molecule has 4 nitrogen and oxygen atoms in total. The number of hydrogen-bond donors (Lipinski definition) is 1. The van der Waals surface area contributed by atoms with Crippen LogP contribution >= 0.6 is 12.4 Å². The van der Waals surface area contributed by atoms with Crippen molar-refractivity contribution in [2.75, 3.05) is 21.3 Å². The summed E-state index contributed by atoms with van der Waals surface area (Å²) in [5.74, 6) is 0.609. The maximum Gasteiger partial charge on any atom is 0.164 e. The quantitative estimate of drug-likeness (QED) is 0.787. The molecule has 0 aliphatic rings. The van der Waals surface area contributed by atoms with Crippen molar-refractivity contribution in [2.45, 2.75) is 19.5 Å². The zero-order valence-electron chi connectivity index (χ0n) is 14.6. The van der Waals surface area contributed by atoms with Crippen LogP contribution in [0.5, 0.6) is 17.2 Å². The zero-order valence-corrected chi connectivity index (χ0v) is 15.4. The zero-order chi connectivity index (χ0) is 17.7. The van der Waals surface area contributed by atoms with E-state index in [1.165, 1.54) is 12.1 Å². The lowest BCUT2D eigenvalue weighted by atomic mass is 10.1. The van der Waals surface area contributed by atoms with E-state index < -0.39 is 11.6 Å². The Morgan fingerprint density at radius 2 is 1.52 bits per heavy atom. The topological polar surface area (TPSA) is 39.7 Å². The third-order valence-electron chi connectivity index (χ3n) is 3.81. The van der Waals surface area contributed by atoms with E-state index in [4.69, 9.17) is 14.2 Å². The molecule has 0 saturated carbocycles. The fourth-order valence-electron chi connectivity index (χ4n) is 2.46. The number of benzene rings is 2. The SMILES string of the molecule is COc1cc(OC)c(OC)cc1CNC(C)c1ccc(F)cc1F.Cl. The lowest BCUT2D eigenvalue weighted by Crippen LogP contribution is -2.19. The molecule has 1 unspecified atom stereocenters. The van der Waals surface area contributed by atoms with Crippen molar-refractivity contribution in [3.8, 4) is 17.2 Å². The predicted molar refractivity (Wildman–Crippen MR) is 95.0 cm³/mol. The molecule has 0 aromatic heterocycles. The average Bonchev–Trinajstić information content (AvgIpc) is 2.58. The highest BCUT2D eigenvalue weighted by Crippen LogP contribution is 2.34. The number of methoxy groups -OCH3 is 3. The number of ether oxygens (including phenoxy) is 3. The molecule has 0 aliphatic heterocycles. The lowest BCUT2D eigenvalue weighted by Gasteiger charge is -2.18. The van der Waals surface area contributed by atoms with Gasteiger partial charge in [0, 0.05) is 35.8 Å². The summed E-state index contributed by atoms with van der Waals surface area (Å²) in [5, 5.41) is 3.20. The van der Waals surface area contributed by atoms with E-state index in [0.717, 1.165) is 11.6 Å². The van der Waals surface area contributed by atoms with E-state index in [1.54, 1.807) is 33.5 Å². The first-order valence-electron chi connectivity index (χ1n) is 7.47. The van der Waals surface area contributed by atoms with Crippen LogP contribution in [-0.4, -0.2) is 21.3 Å². The number of nitrogens with one attached hydrogen (secondary N) is 1. The Kier molecular flexibility index (Phi) is 7.93. The third-order valence-corrected chi connectivity index (χ3v) is 3.81. The summed E-state index contributed by atoms with van der Waals surface area (Å²) in [4.78, 5) is 0. The second-order valence-electron chi connectivity index (χ2n) is 5.29. The summed E-state index contributed by atoms with van der Waals surface area (Å²) in [6.07, 6.45) is 0. The van der Waals surface area contributed by atoms with E-state index >= 15 is 0 Å². The average molecular weight is 374 g/mol. The van der Waals surface area contributed by atoms with Gasteiger partial charge in [-0.2, -0.15) is 0 Å². The Labute approximate surface area is 152 Å². The maximum atomic E-state index is 13.8. The largest absolute Gasteiger partial charge is 0.496 e. The molecule has 0 heterocycles. The number of hydrogen-bond acceptors (Lipinski definition) is 4. The molecule has 25 heavy (non-hydrogen) atoms. The molecule has 0 fully saturated rings. The normalized spacial score (nSPS) is 11.4. The van der Waals surface area contributed by atoms with Crippen LogP contribution < -0.4 is 19.5 Å². The molecule has 7 heteroatoms. The Morgan fingerprint density at radius 3 is 2.08 bits per heavy atom. The van der Waals surface area contributed by atoms with Crippen molar-refractivity contribution >= 4 is 12.4 Å². The minimum Gasteiger partial charge on any atom is -0.496 e. The highest BCUT2D eigenvalue weighted by molar-refractivity contribution is 5.85. The Morgan fingerprint density at radius 1 is 0.920 bits per heavy atom. The summed E-state index contributed by atoms with van der Waals surface area (Å²) in [7, 11) is 4.67. The summed E-state index contributed by atoms with van der Waals surface area (Å²) >= 11 is 0. The van der Waals surface area contributed by atoms with E-state index in [2.05, 4.69) is 5.32 Å². The molecule has 2 aromatic rings. The van der Waals surface area contributed by atoms with Gasteiger partial charge in [0.05, 0.1) is 21.3 Å². The Hall–Kier alpha value is -2.05. The Bertz CT molecular complexity index is 713. The molecule has 0 spiro atoms. The van der Waals surface area contributed by atoms with Crippen molar-refractivity contribution in [1.82, 2.24) is 5.32 Å². The van der Waals surface area contributed by atoms with E-state index in [9.17, 15) is 8.78 Å². The first-order chi connectivity index (χ1) is 11.5. The van der Waals surface area contributed by atoms with Crippen LogP contribution in [0.4, 0.5) is 8.78 Å². The second kappa shape index (κ2) is 9.44. The van der Waals surface area contributed by atoms with E-state index in [1.807, 2.05) is 6.92 Å². The first kappa shape index (κ1) is 21.0. The number of halogens is 3. The standard InChI is InChI=1S/C18H21F2NO3.ClH/c1-11(14-6-5-13(19)8-15(14)20)21-10-12-7-17(23-3)18(24-4)9-16(12)22-2;/h5-9,11,21H,10H2,1-4H3;1H. The van der Waals surface area contributed by atoms with Crippen LogP contribution in [0, 0.1) is 11.6 Å². The highest BCUT2D eigenvalue weighted by Gasteiger charge is 2.15. The minimum atomic E-state index is -0.593. The maximum absolute atomic E-state index is 13.8. The monoisotopic (exact) mass is 373 g/mol. The summed E-state index contributed by atoms with van der Waals surface area (Å²) in [5.41, 5.74) is 1.24. The van der Waals surface area contributed by atoms with Crippen LogP contribution in [0.15, 0.2) is 30.3 Å². The van der Waals surface area contributed by atoms with Gasteiger partial charge in [0.15, 0.2) is 11.5 Å².